The zero-order valence-corrected chi connectivity index (χ0v) is 16.2. The van der Waals surface area contributed by atoms with Gasteiger partial charge in [-0.1, -0.05) is 19.9 Å². The van der Waals surface area contributed by atoms with Crippen molar-refractivity contribution < 1.29 is 43.5 Å². The number of allylic oxidation sites excluding steroid dienone is 1. The highest BCUT2D eigenvalue weighted by molar-refractivity contribution is 5.87. The fraction of sp³-hybridized carbons (Fsp3) is 0.722. The van der Waals surface area contributed by atoms with Gasteiger partial charge in [-0.25, -0.2) is 4.79 Å². The molecule has 0 saturated carbocycles. The van der Waals surface area contributed by atoms with Gasteiger partial charge >= 0.3 is 17.9 Å². The van der Waals surface area contributed by atoms with E-state index >= 15 is 0 Å². The van der Waals surface area contributed by atoms with E-state index in [0.717, 1.165) is 6.92 Å². The molecule has 1 heterocycles. The van der Waals surface area contributed by atoms with Crippen LogP contribution in [0.15, 0.2) is 11.6 Å². The quantitative estimate of drug-likeness (QED) is 0.363. The summed E-state index contributed by atoms with van der Waals surface area (Å²) in [6.45, 7) is 7.59. The average Bonchev–Trinajstić information content (AvgIpc) is 2.58. The molecule has 1 aliphatic heterocycles. The summed E-state index contributed by atoms with van der Waals surface area (Å²) in [5.74, 6) is -1.95. The van der Waals surface area contributed by atoms with Crippen molar-refractivity contribution in [2.75, 3.05) is 6.61 Å². The van der Waals surface area contributed by atoms with Crippen molar-refractivity contribution in [3.8, 4) is 0 Å². The van der Waals surface area contributed by atoms with E-state index in [1.165, 1.54) is 0 Å². The summed E-state index contributed by atoms with van der Waals surface area (Å²) in [7, 11) is 0. The maximum absolute atomic E-state index is 12.0. The van der Waals surface area contributed by atoms with Crippen LogP contribution in [-0.2, 0) is 33.3 Å². The first-order valence-electron chi connectivity index (χ1n) is 8.75. The first kappa shape index (κ1) is 23.1. The van der Waals surface area contributed by atoms with E-state index in [1.807, 2.05) is 13.8 Å². The Bertz CT molecular complexity index is 569. The molecule has 1 aliphatic rings. The molecule has 9 heteroatoms. The zero-order chi connectivity index (χ0) is 20.7. The Morgan fingerprint density at radius 3 is 2.26 bits per heavy atom. The predicted molar refractivity (Wildman–Crippen MR) is 92.2 cm³/mol. The van der Waals surface area contributed by atoms with Gasteiger partial charge < -0.3 is 29.2 Å². The van der Waals surface area contributed by atoms with Crippen LogP contribution in [0.2, 0.25) is 0 Å². The molecule has 0 unspecified atom stereocenters. The summed E-state index contributed by atoms with van der Waals surface area (Å²) in [4.78, 5) is 35.0. The number of carbonyl (C=O) groups is 3. The normalized spacial score (nSPS) is 28.6. The number of rotatable bonds is 7. The third-order valence-corrected chi connectivity index (χ3v) is 3.90. The van der Waals surface area contributed by atoms with E-state index in [-0.39, 0.29) is 18.9 Å². The van der Waals surface area contributed by atoms with E-state index in [2.05, 4.69) is 0 Å². The summed E-state index contributed by atoms with van der Waals surface area (Å²) in [5, 5.41) is 20.5. The summed E-state index contributed by atoms with van der Waals surface area (Å²) < 4.78 is 20.6. The molecular weight excluding hydrogens is 360 g/mol. The SMILES string of the molecule is C/C=C(/C)C(=O)OC[C@@H]1O[C@H](OC(=O)CC(C)C)[C@@H](OC(C)=O)[C@H](O)[C@@H]1O. The molecule has 1 rings (SSSR count). The lowest BCUT2D eigenvalue weighted by atomic mass is 9.99. The molecule has 0 bridgehead atoms. The molecule has 0 aromatic rings. The molecule has 2 N–H and O–H groups in total. The lowest BCUT2D eigenvalue weighted by molar-refractivity contribution is -0.296. The standard InChI is InChI=1S/C18H28O9/c1-6-10(4)17(23)24-8-12-14(21)15(22)16(25-11(5)19)18(26-12)27-13(20)7-9(2)3/h6,9,12,14-16,18,21-22H,7-8H2,1-5H3/b10-6-/t12-,14+,15+,16-,18+/m0/s1. The Morgan fingerprint density at radius 1 is 1.11 bits per heavy atom. The van der Waals surface area contributed by atoms with Crippen LogP contribution in [0.3, 0.4) is 0 Å². The molecule has 9 nitrogen and oxygen atoms in total. The number of aliphatic hydroxyl groups excluding tert-OH is 2. The molecule has 0 aromatic carbocycles. The predicted octanol–water partition coefficient (Wildman–Crippen LogP) is 0.463. The monoisotopic (exact) mass is 388 g/mol. The van der Waals surface area contributed by atoms with Gasteiger partial charge in [0, 0.05) is 18.9 Å². The van der Waals surface area contributed by atoms with Gasteiger partial charge in [-0.3, -0.25) is 9.59 Å². The molecule has 0 spiro atoms. The summed E-state index contributed by atoms with van der Waals surface area (Å²) in [5.41, 5.74) is 0.360. The second-order valence-electron chi connectivity index (χ2n) is 6.76. The molecule has 154 valence electrons. The highest BCUT2D eigenvalue weighted by atomic mass is 16.7. The number of aliphatic hydroxyl groups is 2. The fourth-order valence-electron chi connectivity index (χ4n) is 2.36. The van der Waals surface area contributed by atoms with E-state index in [0.29, 0.717) is 5.57 Å². The third kappa shape index (κ3) is 6.93. The van der Waals surface area contributed by atoms with Gasteiger partial charge in [-0.15, -0.1) is 0 Å². The lowest BCUT2D eigenvalue weighted by Gasteiger charge is -2.41. The number of ether oxygens (including phenoxy) is 4. The number of esters is 3. The molecule has 27 heavy (non-hydrogen) atoms. The van der Waals surface area contributed by atoms with E-state index in [1.54, 1.807) is 19.9 Å². The Morgan fingerprint density at radius 2 is 1.74 bits per heavy atom. The molecule has 0 aromatic heterocycles. The van der Waals surface area contributed by atoms with Crippen LogP contribution in [-0.4, -0.2) is 65.4 Å². The number of carbonyl (C=O) groups excluding carboxylic acids is 3. The molecule has 0 amide bonds. The maximum Gasteiger partial charge on any atom is 0.333 e. The largest absolute Gasteiger partial charge is 0.459 e. The lowest BCUT2D eigenvalue weighted by Crippen LogP contribution is -2.61. The van der Waals surface area contributed by atoms with E-state index in [4.69, 9.17) is 18.9 Å². The minimum absolute atomic E-state index is 0.0179. The minimum atomic E-state index is -1.59. The van der Waals surface area contributed by atoms with Crippen molar-refractivity contribution in [1.82, 2.24) is 0 Å². The van der Waals surface area contributed by atoms with Gasteiger partial charge in [-0.2, -0.15) is 0 Å². The molecule has 0 radical (unpaired) electrons. The van der Waals surface area contributed by atoms with Crippen molar-refractivity contribution in [2.24, 2.45) is 5.92 Å². The number of hydrogen-bond donors (Lipinski definition) is 2. The topological polar surface area (TPSA) is 129 Å². The second kappa shape index (κ2) is 10.4. The van der Waals surface area contributed by atoms with Gasteiger partial charge in [0.2, 0.25) is 6.29 Å². The molecule has 5 atom stereocenters. The highest BCUT2D eigenvalue weighted by Gasteiger charge is 2.48. The third-order valence-electron chi connectivity index (χ3n) is 3.90. The van der Waals surface area contributed by atoms with Crippen LogP contribution in [0.5, 0.6) is 0 Å². The smallest absolute Gasteiger partial charge is 0.333 e. The zero-order valence-electron chi connectivity index (χ0n) is 16.2. The van der Waals surface area contributed by atoms with Crippen LogP contribution < -0.4 is 0 Å². The minimum Gasteiger partial charge on any atom is -0.459 e. The van der Waals surface area contributed by atoms with Crippen LogP contribution >= 0.6 is 0 Å². The van der Waals surface area contributed by atoms with Crippen molar-refractivity contribution in [1.29, 1.82) is 0 Å². The van der Waals surface area contributed by atoms with Gasteiger partial charge in [0.05, 0.1) is 0 Å². The maximum atomic E-state index is 12.0. The van der Waals surface area contributed by atoms with Crippen molar-refractivity contribution in [3.63, 3.8) is 0 Å². The van der Waals surface area contributed by atoms with E-state index < -0.39 is 48.6 Å². The Balaban J connectivity index is 2.89. The first-order valence-corrected chi connectivity index (χ1v) is 8.75. The molecule has 1 fully saturated rings. The molecule has 1 saturated heterocycles. The van der Waals surface area contributed by atoms with Gasteiger partial charge in [0.1, 0.15) is 24.9 Å². The molecular formula is C18H28O9. The van der Waals surface area contributed by atoms with Crippen molar-refractivity contribution in [3.05, 3.63) is 11.6 Å². The fourth-order valence-corrected chi connectivity index (χ4v) is 2.36. The van der Waals surface area contributed by atoms with Crippen LogP contribution in [0.25, 0.3) is 0 Å². The van der Waals surface area contributed by atoms with Crippen molar-refractivity contribution in [2.45, 2.75) is 71.7 Å². The van der Waals surface area contributed by atoms with Crippen LogP contribution in [0, 0.1) is 5.92 Å². The number of hydrogen-bond acceptors (Lipinski definition) is 9. The highest BCUT2D eigenvalue weighted by Crippen LogP contribution is 2.26. The Kier molecular flexibility index (Phi) is 8.87. The average molecular weight is 388 g/mol. The first-order chi connectivity index (χ1) is 12.6. The van der Waals surface area contributed by atoms with Gasteiger partial charge in [0.25, 0.3) is 0 Å². The Hall–Kier alpha value is -1.97. The van der Waals surface area contributed by atoms with Gasteiger partial charge in [-0.05, 0) is 19.8 Å². The summed E-state index contributed by atoms with van der Waals surface area (Å²) in [6.07, 6.45) is -5.48. The van der Waals surface area contributed by atoms with E-state index in [9.17, 15) is 24.6 Å². The second-order valence-corrected chi connectivity index (χ2v) is 6.76. The summed E-state index contributed by atoms with van der Waals surface area (Å²) >= 11 is 0. The van der Waals surface area contributed by atoms with Crippen LogP contribution in [0.4, 0.5) is 0 Å². The van der Waals surface area contributed by atoms with Crippen LogP contribution in [0.1, 0.15) is 41.0 Å². The summed E-state index contributed by atoms with van der Waals surface area (Å²) in [6, 6.07) is 0. The van der Waals surface area contributed by atoms with Crippen molar-refractivity contribution >= 4 is 17.9 Å². The van der Waals surface area contributed by atoms with Gasteiger partial charge in [0.15, 0.2) is 6.10 Å². The molecule has 0 aliphatic carbocycles. The Labute approximate surface area is 158 Å².